The molecule has 2 fully saturated rings. The van der Waals surface area contributed by atoms with Crippen LogP contribution in [0.1, 0.15) is 36.8 Å². The quantitative estimate of drug-likeness (QED) is 0.857. The molecule has 126 valence electrons. The molecule has 23 heavy (non-hydrogen) atoms. The van der Waals surface area contributed by atoms with E-state index in [1.165, 1.54) is 11.1 Å². The Hall–Kier alpha value is -1.39. The van der Waals surface area contributed by atoms with Crippen LogP contribution in [0.15, 0.2) is 24.3 Å². The van der Waals surface area contributed by atoms with Crippen LogP contribution in [0.2, 0.25) is 0 Å². The van der Waals surface area contributed by atoms with Crippen molar-refractivity contribution in [3.8, 4) is 0 Å². The van der Waals surface area contributed by atoms with Gasteiger partial charge in [-0.25, -0.2) is 0 Å². The van der Waals surface area contributed by atoms with Gasteiger partial charge in [0, 0.05) is 33.0 Å². The van der Waals surface area contributed by atoms with E-state index in [1.54, 1.807) is 7.11 Å². The molecule has 1 aromatic carbocycles. The van der Waals surface area contributed by atoms with Crippen LogP contribution in [-0.4, -0.2) is 49.3 Å². The second-order valence-electron chi connectivity index (χ2n) is 6.86. The number of nitrogens with zero attached hydrogens (tertiary/aromatic N) is 1. The molecule has 2 aliphatic rings. The van der Waals surface area contributed by atoms with Gasteiger partial charge in [0.25, 0.3) is 0 Å². The molecule has 0 bridgehead atoms. The van der Waals surface area contributed by atoms with Crippen LogP contribution < -0.4 is 0 Å². The minimum absolute atomic E-state index is 0.0481. The normalized spacial score (nSPS) is 23.4. The van der Waals surface area contributed by atoms with Crippen LogP contribution in [0, 0.1) is 6.92 Å². The highest BCUT2D eigenvalue weighted by Crippen LogP contribution is 2.36. The minimum Gasteiger partial charge on any atom is -0.379 e. The number of carbonyl (C=O) groups is 1. The van der Waals surface area contributed by atoms with E-state index in [0.717, 1.165) is 38.8 Å². The maximum absolute atomic E-state index is 12.5. The summed E-state index contributed by atoms with van der Waals surface area (Å²) >= 11 is 0. The van der Waals surface area contributed by atoms with Crippen LogP contribution in [0.3, 0.4) is 0 Å². The zero-order valence-electron chi connectivity index (χ0n) is 14.2. The lowest BCUT2D eigenvalue weighted by Crippen LogP contribution is -2.46. The number of carbonyl (C=O) groups excluding carboxylic acids is 1. The van der Waals surface area contributed by atoms with E-state index >= 15 is 0 Å². The lowest BCUT2D eigenvalue weighted by atomic mass is 9.87. The molecule has 0 N–H and O–H groups in total. The van der Waals surface area contributed by atoms with Gasteiger partial charge < -0.3 is 14.4 Å². The van der Waals surface area contributed by atoms with Crippen molar-refractivity contribution in [2.75, 3.05) is 26.8 Å². The third-order valence-corrected chi connectivity index (χ3v) is 5.41. The number of rotatable bonds is 4. The number of ether oxygens (including phenoxy) is 2. The summed E-state index contributed by atoms with van der Waals surface area (Å²) < 4.78 is 11.4. The van der Waals surface area contributed by atoms with Crippen molar-refractivity contribution in [1.29, 1.82) is 0 Å². The molecule has 0 unspecified atom stereocenters. The number of aryl methyl sites for hydroxylation is 2. The van der Waals surface area contributed by atoms with Crippen molar-refractivity contribution < 1.29 is 14.3 Å². The van der Waals surface area contributed by atoms with Crippen molar-refractivity contribution in [1.82, 2.24) is 4.90 Å². The Bertz CT molecular complexity index is 549. The molecule has 2 saturated heterocycles. The van der Waals surface area contributed by atoms with Crippen LogP contribution in [-0.2, 0) is 20.7 Å². The fraction of sp³-hybridized carbons (Fsp3) is 0.632. The third kappa shape index (κ3) is 3.75. The zero-order chi connectivity index (χ0) is 16.3. The molecule has 1 atom stereocenters. The number of methoxy groups -OCH3 is 1. The van der Waals surface area contributed by atoms with E-state index in [-0.39, 0.29) is 17.6 Å². The van der Waals surface area contributed by atoms with Crippen LogP contribution in [0.4, 0.5) is 0 Å². The topological polar surface area (TPSA) is 38.8 Å². The number of hydrogen-bond acceptors (Lipinski definition) is 3. The first-order chi connectivity index (χ1) is 11.1. The molecule has 0 saturated carbocycles. The minimum atomic E-state index is -0.0481. The summed E-state index contributed by atoms with van der Waals surface area (Å²) in [5.74, 6) is 0.268. The average Bonchev–Trinajstić information content (AvgIpc) is 2.97. The summed E-state index contributed by atoms with van der Waals surface area (Å²) in [6, 6.07) is 8.31. The Morgan fingerprint density at radius 3 is 2.74 bits per heavy atom. The molecule has 1 aromatic rings. The molecule has 2 heterocycles. The van der Waals surface area contributed by atoms with Gasteiger partial charge in [-0.2, -0.15) is 0 Å². The Balaban J connectivity index is 1.48. The number of piperidine rings is 1. The maximum Gasteiger partial charge on any atom is 0.222 e. The highest BCUT2D eigenvalue weighted by molar-refractivity contribution is 5.76. The molecule has 3 rings (SSSR count). The van der Waals surface area contributed by atoms with Crippen molar-refractivity contribution >= 4 is 5.91 Å². The summed E-state index contributed by atoms with van der Waals surface area (Å²) in [6.07, 6.45) is 4.48. The predicted molar refractivity (Wildman–Crippen MR) is 89.4 cm³/mol. The van der Waals surface area contributed by atoms with Gasteiger partial charge in [-0.3, -0.25) is 4.79 Å². The van der Waals surface area contributed by atoms with E-state index in [1.807, 2.05) is 17.0 Å². The molecule has 2 aliphatic heterocycles. The fourth-order valence-corrected chi connectivity index (χ4v) is 3.76. The first-order valence-corrected chi connectivity index (χ1v) is 8.61. The van der Waals surface area contributed by atoms with E-state index in [0.29, 0.717) is 13.0 Å². The summed E-state index contributed by atoms with van der Waals surface area (Å²) in [4.78, 5) is 14.5. The van der Waals surface area contributed by atoms with Gasteiger partial charge in [-0.1, -0.05) is 24.3 Å². The Kier molecular flexibility index (Phi) is 5.02. The maximum atomic E-state index is 12.5. The average molecular weight is 317 g/mol. The standard InChI is InChI=1S/C19H27NO3/c1-15-5-3-4-6-16(15)7-8-18(21)20-11-9-19(10-12-20)13-17(22-2)14-23-19/h3-6,17H,7-14H2,1-2H3/t17-/m1/s1. The first kappa shape index (κ1) is 16.5. The predicted octanol–water partition coefficient (Wildman–Crippen LogP) is 2.72. The van der Waals surface area contributed by atoms with Crippen molar-refractivity contribution in [2.24, 2.45) is 0 Å². The first-order valence-electron chi connectivity index (χ1n) is 8.61. The largest absolute Gasteiger partial charge is 0.379 e. The van der Waals surface area contributed by atoms with Gasteiger partial charge in [0.2, 0.25) is 5.91 Å². The summed E-state index contributed by atoms with van der Waals surface area (Å²) in [6.45, 7) is 4.41. The Labute approximate surface area is 138 Å². The van der Waals surface area contributed by atoms with E-state index in [2.05, 4.69) is 19.1 Å². The Morgan fingerprint density at radius 2 is 2.09 bits per heavy atom. The number of hydrogen-bond donors (Lipinski definition) is 0. The lowest BCUT2D eigenvalue weighted by molar-refractivity contribution is -0.135. The molecule has 1 amide bonds. The second kappa shape index (κ2) is 7.02. The van der Waals surface area contributed by atoms with E-state index in [9.17, 15) is 4.79 Å². The van der Waals surface area contributed by atoms with Gasteiger partial charge in [-0.15, -0.1) is 0 Å². The monoisotopic (exact) mass is 317 g/mol. The van der Waals surface area contributed by atoms with Crippen molar-refractivity contribution in [3.63, 3.8) is 0 Å². The molecule has 0 radical (unpaired) electrons. The van der Waals surface area contributed by atoms with Crippen molar-refractivity contribution in [3.05, 3.63) is 35.4 Å². The SMILES string of the molecule is CO[C@H]1COC2(CCN(C(=O)CCc3ccccc3C)CC2)C1. The lowest BCUT2D eigenvalue weighted by Gasteiger charge is -2.38. The van der Waals surface area contributed by atoms with E-state index < -0.39 is 0 Å². The van der Waals surface area contributed by atoms with Gasteiger partial charge in [0.1, 0.15) is 0 Å². The molecular weight excluding hydrogens is 290 g/mol. The van der Waals surface area contributed by atoms with E-state index in [4.69, 9.17) is 9.47 Å². The van der Waals surface area contributed by atoms with Gasteiger partial charge >= 0.3 is 0 Å². The number of benzene rings is 1. The van der Waals surface area contributed by atoms with Crippen LogP contribution in [0.5, 0.6) is 0 Å². The zero-order valence-corrected chi connectivity index (χ0v) is 14.2. The van der Waals surface area contributed by atoms with Gasteiger partial charge in [-0.05, 0) is 37.3 Å². The van der Waals surface area contributed by atoms with Gasteiger partial charge in [0.15, 0.2) is 0 Å². The van der Waals surface area contributed by atoms with Crippen LogP contribution in [0.25, 0.3) is 0 Å². The molecule has 4 heteroatoms. The summed E-state index contributed by atoms with van der Waals surface area (Å²) in [7, 11) is 1.75. The molecule has 1 spiro atoms. The number of amides is 1. The van der Waals surface area contributed by atoms with Crippen LogP contribution >= 0.6 is 0 Å². The molecular formula is C19H27NO3. The Morgan fingerprint density at radius 1 is 1.35 bits per heavy atom. The smallest absolute Gasteiger partial charge is 0.222 e. The highest BCUT2D eigenvalue weighted by Gasteiger charge is 2.43. The summed E-state index contributed by atoms with van der Waals surface area (Å²) in [5, 5.41) is 0. The number of likely N-dealkylation sites (tertiary alicyclic amines) is 1. The fourth-order valence-electron chi connectivity index (χ4n) is 3.76. The molecule has 0 aliphatic carbocycles. The molecule has 0 aromatic heterocycles. The molecule has 4 nitrogen and oxygen atoms in total. The van der Waals surface area contributed by atoms with Crippen molar-refractivity contribution in [2.45, 2.75) is 50.7 Å². The third-order valence-electron chi connectivity index (χ3n) is 5.41. The summed E-state index contributed by atoms with van der Waals surface area (Å²) in [5.41, 5.74) is 2.49. The van der Waals surface area contributed by atoms with Gasteiger partial charge in [0.05, 0.1) is 18.3 Å². The second-order valence-corrected chi connectivity index (χ2v) is 6.86. The highest BCUT2D eigenvalue weighted by atomic mass is 16.6.